The lowest BCUT2D eigenvalue weighted by Gasteiger charge is -2.21. The van der Waals surface area contributed by atoms with E-state index in [0.717, 1.165) is 13.0 Å². The summed E-state index contributed by atoms with van der Waals surface area (Å²) < 4.78 is 2.01. The standard InChI is InChI=1S/C10H17N3/c1-13-10-4-2-3-8(5-6-11)9(10)7-12-13/h7-8H,2-6,11H2,1H3. The SMILES string of the molecule is Cn1ncc2c1CCCC2CCN. The lowest BCUT2D eigenvalue weighted by Crippen LogP contribution is -2.14. The van der Waals surface area contributed by atoms with Crippen LogP contribution in [-0.4, -0.2) is 16.3 Å². The number of hydrogen-bond donors (Lipinski definition) is 1. The molecule has 1 aromatic rings. The fraction of sp³-hybridized carbons (Fsp3) is 0.700. The van der Waals surface area contributed by atoms with Crippen LogP contribution >= 0.6 is 0 Å². The maximum absolute atomic E-state index is 5.60. The van der Waals surface area contributed by atoms with Crippen molar-refractivity contribution >= 4 is 0 Å². The maximum atomic E-state index is 5.60. The van der Waals surface area contributed by atoms with Gasteiger partial charge in [0.2, 0.25) is 0 Å². The van der Waals surface area contributed by atoms with E-state index in [9.17, 15) is 0 Å². The summed E-state index contributed by atoms with van der Waals surface area (Å²) in [6.45, 7) is 0.791. The number of nitrogens with zero attached hydrogens (tertiary/aromatic N) is 2. The van der Waals surface area contributed by atoms with Crippen molar-refractivity contribution in [2.45, 2.75) is 31.6 Å². The molecule has 3 heteroatoms. The van der Waals surface area contributed by atoms with Crippen LogP contribution in [0.3, 0.4) is 0 Å². The van der Waals surface area contributed by atoms with E-state index in [-0.39, 0.29) is 0 Å². The van der Waals surface area contributed by atoms with Crippen molar-refractivity contribution in [3.05, 3.63) is 17.5 Å². The zero-order valence-electron chi connectivity index (χ0n) is 8.16. The third-order valence-corrected chi connectivity index (χ3v) is 3.01. The molecule has 2 rings (SSSR count). The summed E-state index contributed by atoms with van der Waals surface area (Å²) in [5, 5.41) is 4.31. The van der Waals surface area contributed by atoms with Crippen LogP contribution in [0.15, 0.2) is 6.20 Å². The predicted molar refractivity (Wildman–Crippen MR) is 52.6 cm³/mol. The first-order chi connectivity index (χ1) is 6.33. The van der Waals surface area contributed by atoms with Gasteiger partial charge in [-0.05, 0) is 43.7 Å². The molecule has 1 atom stereocenters. The third-order valence-electron chi connectivity index (χ3n) is 3.01. The van der Waals surface area contributed by atoms with E-state index in [1.54, 1.807) is 0 Å². The van der Waals surface area contributed by atoms with Crippen LogP contribution in [0.4, 0.5) is 0 Å². The second kappa shape index (κ2) is 3.50. The zero-order valence-corrected chi connectivity index (χ0v) is 8.16. The average Bonchev–Trinajstić information content (AvgIpc) is 2.50. The Bertz CT molecular complexity index is 290. The van der Waals surface area contributed by atoms with Gasteiger partial charge >= 0.3 is 0 Å². The van der Waals surface area contributed by atoms with Gasteiger partial charge < -0.3 is 5.73 Å². The van der Waals surface area contributed by atoms with Crippen LogP contribution in [0.1, 0.15) is 36.4 Å². The Morgan fingerprint density at radius 2 is 2.54 bits per heavy atom. The summed E-state index contributed by atoms with van der Waals surface area (Å²) in [6, 6.07) is 0. The van der Waals surface area contributed by atoms with E-state index < -0.39 is 0 Å². The smallest absolute Gasteiger partial charge is 0.0527 e. The second-order valence-corrected chi connectivity index (χ2v) is 3.84. The second-order valence-electron chi connectivity index (χ2n) is 3.84. The molecule has 2 N–H and O–H groups in total. The first kappa shape index (κ1) is 8.75. The summed E-state index contributed by atoms with van der Waals surface area (Å²) in [5.74, 6) is 0.669. The highest BCUT2D eigenvalue weighted by atomic mass is 15.3. The summed E-state index contributed by atoms with van der Waals surface area (Å²) in [5.41, 5.74) is 8.46. The summed E-state index contributed by atoms with van der Waals surface area (Å²) in [4.78, 5) is 0. The highest BCUT2D eigenvalue weighted by Gasteiger charge is 2.22. The summed E-state index contributed by atoms with van der Waals surface area (Å²) in [6.07, 6.45) is 6.90. The van der Waals surface area contributed by atoms with E-state index in [0.29, 0.717) is 5.92 Å². The van der Waals surface area contributed by atoms with Crippen LogP contribution in [0.5, 0.6) is 0 Å². The normalized spacial score (nSPS) is 21.5. The Kier molecular flexibility index (Phi) is 2.36. The molecule has 0 amide bonds. The Labute approximate surface area is 78.9 Å². The zero-order chi connectivity index (χ0) is 9.26. The fourth-order valence-corrected chi connectivity index (χ4v) is 2.30. The minimum absolute atomic E-state index is 0.669. The van der Waals surface area contributed by atoms with Crippen molar-refractivity contribution in [2.24, 2.45) is 12.8 Å². The van der Waals surface area contributed by atoms with Crippen LogP contribution in [-0.2, 0) is 13.5 Å². The van der Waals surface area contributed by atoms with Gasteiger partial charge in [-0.25, -0.2) is 0 Å². The van der Waals surface area contributed by atoms with Crippen LogP contribution < -0.4 is 5.73 Å². The maximum Gasteiger partial charge on any atom is 0.0527 e. The molecule has 1 aliphatic rings. The number of aryl methyl sites for hydroxylation is 1. The average molecular weight is 179 g/mol. The Balaban J connectivity index is 2.27. The van der Waals surface area contributed by atoms with Crippen molar-refractivity contribution in [1.29, 1.82) is 0 Å². The molecule has 1 aromatic heterocycles. The van der Waals surface area contributed by atoms with Gasteiger partial charge in [-0.15, -0.1) is 0 Å². The molecule has 0 spiro atoms. The summed E-state index contributed by atoms with van der Waals surface area (Å²) in [7, 11) is 2.03. The summed E-state index contributed by atoms with van der Waals surface area (Å²) >= 11 is 0. The molecule has 1 heterocycles. The Morgan fingerprint density at radius 1 is 1.69 bits per heavy atom. The lowest BCUT2D eigenvalue weighted by molar-refractivity contribution is 0.512. The van der Waals surface area contributed by atoms with E-state index in [1.807, 2.05) is 17.9 Å². The van der Waals surface area contributed by atoms with Gasteiger partial charge in [0.1, 0.15) is 0 Å². The quantitative estimate of drug-likeness (QED) is 0.741. The number of nitrogens with two attached hydrogens (primary N) is 1. The van der Waals surface area contributed by atoms with Gasteiger partial charge in [0.15, 0.2) is 0 Å². The molecule has 72 valence electrons. The van der Waals surface area contributed by atoms with Crippen molar-refractivity contribution in [3.63, 3.8) is 0 Å². The van der Waals surface area contributed by atoms with E-state index in [2.05, 4.69) is 5.10 Å². The van der Waals surface area contributed by atoms with E-state index >= 15 is 0 Å². The minimum Gasteiger partial charge on any atom is -0.330 e. The monoisotopic (exact) mass is 179 g/mol. The van der Waals surface area contributed by atoms with Crippen LogP contribution in [0.25, 0.3) is 0 Å². The van der Waals surface area contributed by atoms with Gasteiger partial charge in [-0.2, -0.15) is 5.10 Å². The van der Waals surface area contributed by atoms with Crippen LogP contribution in [0.2, 0.25) is 0 Å². The first-order valence-electron chi connectivity index (χ1n) is 5.03. The van der Waals surface area contributed by atoms with Crippen molar-refractivity contribution in [3.8, 4) is 0 Å². The third kappa shape index (κ3) is 1.48. The molecule has 0 aromatic carbocycles. The van der Waals surface area contributed by atoms with Gasteiger partial charge in [-0.1, -0.05) is 0 Å². The highest BCUT2D eigenvalue weighted by molar-refractivity contribution is 5.25. The molecule has 1 unspecified atom stereocenters. The van der Waals surface area contributed by atoms with E-state index in [1.165, 1.54) is 30.5 Å². The van der Waals surface area contributed by atoms with Gasteiger partial charge in [0, 0.05) is 12.7 Å². The largest absolute Gasteiger partial charge is 0.330 e. The molecule has 0 saturated heterocycles. The Hall–Kier alpha value is -0.830. The Morgan fingerprint density at radius 3 is 3.31 bits per heavy atom. The molecule has 3 nitrogen and oxygen atoms in total. The van der Waals surface area contributed by atoms with Gasteiger partial charge in [0.05, 0.1) is 6.20 Å². The molecule has 0 aliphatic heterocycles. The number of rotatable bonds is 2. The van der Waals surface area contributed by atoms with Crippen LogP contribution in [0, 0.1) is 0 Å². The first-order valence-corrected chi connectivity index (χ1v) is 5.03. The molecule has 0 fully saturated rings. The van der Waals surface area contributed by atoms with Crippen molar-refractivity contribution in [2.75, 3.05) is 6.54 Å². The van der Waals surface area contributed by atoms with Crippen molar-refractivity contribution in [1.82, 2.24) is 9.78 Å². The molecule has 13 heavy (non-hydrogen) atoms. The molecular formula is C10H17N3. The number of fused-ring (bicyclic) bond motifs is 1. The number of hydrogen-bond acceptors (Lipinski definition) is 2. The van der Waals surface area contributed by atoms with Crippen molar-refractivity contribution < 1.29 is 0 Å². The molecule has 1 aliphatic carbocycles. The lowest BCUT2D eigenvalue weighted by atomic mass is 9.85. The molecule has 0 radical (unpaired) electrons. The van der Waals surface area contributed by atoms with Gasteiger partial charge in [0.25, 0.3) is 0 Å². The minimum atomic E-state index is 0.669. The molecule has 0 bridgehead atoms. The number of aromatic nitrogens is 2. The molecular weight excluding hydrogens is 162 g/mol. The van der Waals surface area contributed by atoms with Gasteiger partial charge in [-0.3, -0.25) is 4.68 Å². The van der Waals surface area contributed by atoms with E-state index in [4.69, 9.17) is 5.73 Å². The highest BCUT2D eigenvalue weighted by Crippen LogP contribution is 2.32. The topological polar surface area (TPSA) is 43.8 Å². The predicted octanol–water partition coefficient (Wildman–Crippen LogP) is 1.19. The fourth-order valence-electron chi connectivity index (χ4n) is 2.30. The molecule has 0 saturated carbocycles.